The van der Waals surface area contributed by atoms with Crippen LogP contribution in [0.1, 0.15) is 32.5 Å². The minimum Gasteiger partial charge on any atom is -0.322 e. The van der Waals surface area contributed by atoms with Crippen LogP contribution in [0.3, 0.4) is 0 Å². The lowest BCUT2D eigenvalue weighted by molar-refractivity contribution is 0.343. The average molecular weight is 244 g/mol. The van der Waals surface area contributed by atoms with E-state index in [-0.39, 0.29) is 6.04 Å². The Hall–Kier alpha value is -1.68. The minimum atomic E-state index is -0.0554. The van der Waals surface area contributed by atoms with Crippen LogP contribution < -0.4 is 5.73 Å². The van der Waals surface area contributed by atoms with Crippen molar-refractivity contribution in [2.75, 3.05) is 0 Å². The maximum Gasteiger partial charge on any atom is 0.0815 e. The summed E-state index contributed by atoms with van der Waals surface area (Å²) in [5, 5.41) is 8.13. The van der Waals surface area contributed by atoms with Crippen LogP contribution in [0.4, 0.5) is 0 Å². The normalized spacial score (nSPS) is 14.7. The van der Waals surface area contributed by atoms with Crippen LogP contribution in [0.2, 0.25) is 0 Å². The molecule has 2 aromatic rings. The zero-order valence-electron chi connectivity index (χ0n) is 11.1. The van der Waals surface area contributed by atoms with E-state index in [0.29, 0.717) is 11.8 Å². The van der Waals surface area contributed by atoms with Gasteiger partial charge in [-0.1, -0.05) is 44.2 Å². The molecule has 2 rings (SSSR count). The van der Waals surface area contributed by atoms with Crippen molar-refractivity contribution >= 4 is 0 Å². The summed E-state index contributed by atoms with van der Waals surface area (Å²) >= 11 is 0. The van der Waals surface area contributed by atoms with Gasteiger partial charge in [0.2, 0.25) is 0 Å². The zero-order valence-corrected chi connectivity index (χ0v) is 11.1. The molecular formula is C14H20N4. The van der Waals surface area contributed by atoms with E-state index in [1.165, 1.54) is 0 Å². The van der Waals surface area contributed by atoms with Gasteiger partial charge in [-0.25, -0.2) is 4.68 Å². The first kappa shape index (κ1) is 12.8. The molecule has 0 radical (unpaired) electrons. The van der Waals surface area contributed by atoms with Crippen molar-refractivity contribution in [2.24, 2.45) is 17.6 Å². The minimum absolute atomic E-state index is 0.0554. The molecule has 1 aromatic heterocycles. The molecule has 0 amide bonds. The number of benzene rings is 1. The molecule has 0 aliphatic heterocycles. The van der Waals surface area contributed by atoms with E-state index in [1.807, 2.05) is 35.0 Å². The van der Waals surface area contributed by atoms with Gasteiger partial charge in [0, 0.05) is 0 Å². The summed E-state index contributed by atoms with van der Waals surface area (Å²) in [4.78, 5) is 0. The second kappa shape index (κ2) is 5.31. The van der Waals surface area contributed by atoms with Crippen LogP contribution in [-0.2, 0) is 0 Å². The summed E-state index contributed by atoms with van der Waals surface area (Å²) in [5.74, 6) is 0.907. The topological polar surface area (TPSA) is 56.7 Å². The third-order valence-electron chi connectivity index (χ3n) is 3.54. The maximum absolute atomic E-state index is 6.32. The van der Waals surface area contributed by atoms with Crippen molar-refractivity contribution in [3.05, 3.63) is 42.2 Å². The molecule has 2 atom stereocenters. The van der Waals surface area contributed by atoms with Gasteiger partial charge in [0.25, 0.3) is 0 Å². The van der Waals surface area contributed by atoms with E-state index in [1.54, 1.807) is 6.20 Å². The van der Waals surface area contributed by atoms with E-state index in [4.69, 9.17) is 5.73 Å². The van der Waals surface area contributed by atoms with Gasteiger partial charge in [0.15, 0.2) is 0 Å². The molecule has 96 valence electrons. The SMILES string of the molecule is CC(C)C(C)C(N)c1cnnn1-c1ccccc1. The second-order valence-electron chi connectivity index (χ2n) is 5.04. The third-order valence-corrected chi connectivity index (χ3v) is 3.54. The molecule has 2 unspecified atom stereocenters. The van der Waals surface area contributed by atoms with Crippen LogP contribution in [0, 0.1) is 11.8 Å². The fourth-order valence-electron chi connectivity index (χ4n) is 1.92. The summed E-state index contributed by atoms with van der Waals surface area (Å²) in [6.45, 7) is 6.53. The summed E-state index contributed by atoms with van der Waals surface area (Å²) < 4.78 is 1.82. The van der Waals surface area contributed by atoms with Crippen LogP contribution in [0.15, 0.2) is 36.5 Å². The molecule has 1 heterocycles. The quantitative estimate of drug-likeness (QED) is 0.899. The zero-order chi connectivity index (χ0) is 13.1. The van der Waals surface area contributed by atoms with Gasteiger partial charge in [-0.3, -0.25) is 0 Å². The Morgan fingerprint density at radius 1 is 1.11 bits per heavy atom. The molecule has 0 aliphatic carbocycles. The van der Waals surface area contributed by atoms with Crippen molar-refractivity contribution in [3.8, 4) is 5.69 Å². The lowest BCUT2D eigenvalue weighted by Gasteiger charge is -2.23. The second-order valence-corrected chi connectivity index (χ2v) is 5.04. The predicted octanol–water partition coefficient (Wildman–Crippen LogP) is 2.56. The Labute approximate surface area is 108 Å². The molecular weight excluding hydrogens is 224 g/mol. The number of nitrogens with two attached hydrogens (primary N) is 1. The summed E-state index contributed by atoms with van der Waals surface area (Å²) in [6, 6.07) is 9.91. The van der Waals surface area contributed by atoms with E-state index in [2.05, 4.69) is 31.1 Å². The van der Waals surface area contributed by atoms with Crippen LogP contribution in [0.5, 0.6) is 0 Å². The molecule has 0 aliphatic rings. The number of nitrogens with zero attached hydrogens (tertiary/aromatic N) is 3. The smallest absolute Gasteiger partial charge is 0.0815 e. The van der Waals surface area contributed by atoms with E-state index >= 15 is 0 Å². The highest BCUT2D eigenvalue weighted by Gasteiger charge is 2.22. The van der Waals surface area contributed by atoms with Gasteiger partial charge in [-0.2, -0.15) is 0 Å². The van der Waals surface area contributed by atoms with Gasteiger partial charge in [0.1, 0.15) is 0 Å². The van der Waals surface area contributed by atoms with Gasteiger partial charge in [-0.05, 0) is 24.0 Å². The third kappa shape index (κ3) is 2.43. The van der Waals surface area contributed by atoms with Gasteiger partial charge < -0.3 is 5.73 Å². The van der Waals surface area contributed by atoms with Crippen LogP contribution in [-0.4, -0.2) is 15.0 Å². The largest absolute Gasteiger partial charge is 0.322 e. The van der Waals surface area contributed by atoms with Crippen molar-refractivity contribution in [1.29, 1.82) is 0 Å². The molecule has 2 N–H and O–H groups in total. The molecule has 0 saturated carbocycles. The average Bonchev–Trinajstić information content (AvgIpc) is 2.87. The van der Waals surface area contributed by atoms with E-state index in [0.717, 1.165) is 11.4 Å². The highest BCUT2D eigenvalue weighted by molar-refractivity contribution is 5.32. The van der Waals surface area contributed by atoms with Crippen molar-refractivity contribution in [2.45, 2.75) is 26.8 Å². The van der Waals surface area contributed by atoms with Gasteiger partial charge in [-0.15, -0.1) is 5.10 Å². The molecule has 1 aromatic carbocycles. The summed E-state index contributed by atoms with van der Waals surface area (Å²) in [7, 11) is 0. The Morgan fingerprint density at radius 3 is 2.39 bits per heavy atom. The Morgan fingerprint density at radius 2 is 1.78 bits per heavy atom. The highest BCUT2D eigenvalue weighted by atomic mass is 15.4. The monoisotopic (exact) mass is 244 g/mol. The van der Waals surface area contributed by atoms with E-state index in [9.17, 15) is 0 Å². The highest BCUT2D eigenvalue weighted by Crippen LogP contribution is 2.26. The predicted molar refractivity (Wildman–Crippen MR) is 72.3 cm³/mol. The number of para-hydroxylation sites is 1. The molecule has 0 bridgehead atoms. The first-order valence-corrected chi connectivity index (χ1v) is 6.33. The first-order chi connectivity index (χ1) is 8.61. The van der Waals surface area contributed by atoms with E-state index < -0.39 is 0 Å². The standard InChI is InChI=1S/C14H20N4/c1-10(2)11(3)14(15)13-9-16-17-18(13)12-7-5-4-6-8-12/h4-11,14H,15H2,1-3H3. The molecule has 0 fully saturated rings. The fraction of sp³-hybridized carbons (Fsp3) is 0.429. The molecule has 4 heteroatoms. The van der Waals surface area contributed by atoms with Crippen LogP contribution in [0.25, 0.3) is 5.69 Å². The fourth-order valence-corrected chi connectivity index (χ4v) is 1.92. The van der Waals surface area contributed by atoms with Crippen molar-refractivity contribution in [3.63, 3.8) is 0 Å². The number of hydrogen-bond acceptors (Lipinski definition) is 3. The molecule has 18 heavy (non-hydrogen) atoms. The lowest BCUT2D eigenvalue weighted by atomic mass is 9.89. The summed E-state index contributed by atoms with van der Waals surface area (Å²) in [6.07, 6.45) is 1.76. The Balaban J connectivity index is 2.34. The van der Waals surface area contributed by atoms with Gasteiger partial charge >= 0.3 is 0 Å². The van der Waals surface area contributed by atoms with Crippen molar-refractivity contribution in [1.82, 2.24) is 15.0 Å². The number of rotatable bonds is 4. The molecule has 4 nitrogen and oxygen atoms in total. The first-order valence-electron chi connectivity index (χ1n) is 6.33. The maximum atomic E-state index is 6.32. The number of aromatic nitrogens is 3. The van der Waals surface area contributed by atoms with Crippen molar-refractivity contribution < 1.29 is 0 Å². The Bertz CT molecular complexity index is 490. The molecule has 0 saturated heterocycles. The number of hydrogen-bond donors (Lipinski definition) is 1. The van der Waals surface area contributed by atoms with Crippen LogP contribution >= 0.6 is 0 Å². The Kier molecular flexibility index (Phi) is 3.77. The lowest BCUT2D eigenvalue weighted by Crippen LogP contribution is -2.25. The summed E-state index contributed by atoms with van der Waals surface area (Å²) in [5.41, 5.74) is 8.28. The van der Waals surface area contributed by atoms with Gasteiger partial charge in [0.05, 0.1) is 23.6 Å². The molecule has 0 spiro atoms.